The van der Waals surface area contributed by atoms with E-state index < -0.39 is 0 Å². The standard InChI is InChI=1S/C14H18BrClN2O/c1-9-8-18(2)6-5-13(9)17-14(19)10-3-4-11(15)12(16)7-10/h3-4,7,9,13H,5-6,8H2,1-2H3,(H,17,19). The summed E-state index contributed by atoms with van der Waals surface area (Å²) < 4.78 is 0.804. The summed E-state index contributed by atoms with van der Waals surface area (Å²) in [4.78, 5) is 14.5. The predicted octanol–water partition coefficient (Wildman–Crippen LogP) is 3.17. The number of hydrogen-bond acceptors (Lipinski definition) is 2. The molecule has 1 aliphatic heterocycles. The van der Waals surface area contributed by atoms with Gasteiger partial charge in [0.25, 0.3) is 5.91 Å². The molecule has 1 heterocycles. The second-order valence-electron chi connectivity index (χ2n) is 5.24. The van der Waals surface area contributed by atoms with Crippen LogP contribution in [0.15, 0.2) is 22.7 Å². The highest BCUT2D eigenvalue weighted by molar-refractivity contribution is 9.10. The van der Waals surface area contributed by atoms with Crippen LogP contribution in [0.2, 0.25) is 5.02 Å². The molecule has 0 radical (unpaired) electrons. The molecule has 5 heteroatoms. The Morgan fingerprint density at radius 3 is 2.89 bits per heavy atom. The second kappa shape index (κ2) is 6.25. The van der Waals surface area contributed by atoms with Crippen molar-refractivity contribution in [2.75, 3.05) is 20.1 Å². The van der Waals surface area contributed by atoms with Crippen molar-refractivity contribution in [2.45, 2.75) is 19.4 Å². The first-order valence-corrected chi connectivity index (χ1v) is 7.59. The van der Waals surface area contributed by atoms with E-state index in [4.69, 9.17) is 11.6 Å². The highest BCUT2D eigenvalue weighted by Crippen LogP contribution is 2.23. The zero-order valence-corrected chi connectivity index (χ0v) is 13.5. The molecule has 19 heavy (non-hydrogen) atoms. The lowest BCUT2D eigenvalue weighted by Gasteiger charge is -2.35. The Morgan fingerprint density at radius 2 is 2.26 bits per heavy atom. The Hall–Kier alpha value is -0.580. The molecule has 1 aromatic carbocycles. The SMILES string of the molecule is CC1CN(C)CCC1NC(=O)c1ccc(Br)c(Cl)c1. The van der Waals surface area contributed by atoms with E-state index >= 15 is 0 Å². The van der Waals surface area contributed by atoms with Gasteiger partial charge in [-0.05, 0) is 60.1 Å². The number of nitrogens with zero attached hydrogens (tertiary/aromatic N) is 1. The highest BCUT2D eigenvalue weighted by Gasteiger charge is 2.25. The average Bonchev–Trinajstić information content (AvgIpc) is 2.36. The molecule has 1 saturated heterocycles. The number of amides is 1. The van der Waals surface area contributed by atoms with Crippen molar-refractivity contribution in [3.05, 3.63) is 33.3 Å². The zero-order chi connectivity index (χ0) is 14.0. The molecule has 0 spiro atoms. The Balaban J connectivity index is 2.02. The molecule has 0 aromatic heterocycles. The third-order valence-corrected chi connectivity index (χ3v) is 4.84. The number of nitrogens with one attached hydrogen (secondary N) is 1. The van der Waals surface area contributed by atoms with Gasteiger partial charge in [-0.15, -0.1) is 0 Å². The van der Waals surface area contributed by atoms with Crippen LogP contribution in [0.1, 0.15) is 23.7 Å². The van der Waals surface area contributed by atoms with Gasteiger partial charge in [0.2, 0.25) is 0 Å². The summed E-state index contributed by atoms with van der Waals surface area (Å²) in [5, 5.41) is 3.67. The van der Waals surface area contributed by atoms with Crippen LogP contribution in [0.4, 0.5) is 0 Å². The van der Waals surface area contributed by atoms with Crippen molar-refractivity contribution >= 4 is 33.4 Å². The van der Waals surface area contributed by atoms with Gasteiger partial charge >= 0.3 is 0 Å². The maximum absolute atomic E-state index is 12.2. The molecule has 1 aromatic rings. The van der Waals surface area contributed by atoms with Gasteiger partial charge in [-0.2, -0.15) is 0 Å². The number of hydrogen-bond donors (Lipinski definition) is 1. The quantitative estimate of drug-likeness (QED) is 0.893. The van der Waals surface area contributed by atoms with Gasteiger partial charge in [-0.1, -0.05) is 18.5 Å². The molecule has 1 fully saturated rings. The topological polar surface area (TPSA) is 32.3 Å². The predicted molar refractivity (Wildman–Crippen MR) is 81.7 cm³/mol. The maximum Gasteiger partial charge on any atom is 0.251 e. The van der Waals surface area contributed by atoms with E-state index in [-0.39, 0.29) is 11.9 Å². The average molecular weight is 346 g/mol. The summed E-state index contributed by atoms with van der Waals surface area (Å²) in [6, 6.07) is 5.52. The number of carbonyl (C=O) groups is 1. The van der Waals surface area contributed by atoms with Crippen molar-refractivity contribution in [3.63, 3.8) is 0 Å². The maximum atomic E-state index is 12.2. The number of piperidine rings is 1. The fraction of sp³-hybridized carbons (Fsp3) is 0.500. The smallest absolute Gasteiger partial charge is 0.251 e. The summed E-state index contributed by atoms with van der Waals surface area (Å²) in [5.74, 6) is 0.421. The summed E-state index contributed by atoms with van der Waals surface area (Å²) >= 11 is 9.34. The zero-order valence-electron chi connectivity index (χ0n) is 11.1. The van der Waals surface area contributed by atoms with Crippen molar-refractivity contribution < 1.29 is 4.79 Å². The van der Waals surface area contributed by atoms with E-state index in [2.05, 4.69) is 40.1 Å². The molecule has 0 aliphatic carbocycles. The van der Waals surface area contributed by atoms with Crippen molar-refractivity contribution in [2.24, 2.45) is 5.92 Å². The number of benzene rings is 1. The van der Waals surface area contributed by atoms with Crippen LogP contribution >= 0.6 is 27.5 Å². The molecule has 1 amide bonds. The first-order valence-electron chi connectivity index (χ1n) is 6.42. The second-order valence-corrected chi connectivity index (χ2v) is 6.50. The van der Waals surface area contributed by atoms with E-state index in [9.17, 15) is 4.79 Å². The van der Waals surface area contributed by atoms with Gasteiger partial charge in [0.05, 0.1) is 5.02 Å². The molecular weight excluding hydrogens is 328 g/mol. The Morgan fingerprint density at radius 1 is 1.53 bits per heavy atom. The molecule has 0 bridgehead atoms. The fourth-order valence-electron chi connectivity index (χ4n) is 2.46. The van der Waals surface area contributed by atoms with E-state index in [1.54, 1.807) is 18.2 Å². The number of carbonyl (C=O) groups excluding carboxylic acids is 1. The van der Waals surface area contributed by atoms with Crippen LogP contribution < -0.4 is 5.32 Å². The molecule has 104 valence electrons. The third-order valence-electron chi connectivity index (χ3n) is 3.61. The van der Waals surface area contributed by atoms with Gasteiger partial charge in [-0.3, -0.25) is 4.79 Å². The molecule has 3 nitrogen and oxygen atoms in total. The van der Waals surface area contributed by atoms with Crippen LogP contribution in [0.3, 0.4) is 0 Å². The molecule has 2 rings (SSSR count). The van der Waals surface area contributed by atoms with Crippen LogP contribution in [0, 0.1) is 5.92 Å². The fourth-order valence-corrected chi connectivity index (χ4v) is 2.88. The monoisotopic (exact) mass is 344 g/mol. The van der Waals surface area contributed by atoms with Crippen LogP contribution in [-0.4, -0.2) is 37.0 Å². The first kappa shape index (κ1) is 14.8. The lowest BCUT2D eigenvalue weighted by atomic mass is 9.94. The van der Waals surface area contributed by atoms with E-state index in [1.165, 1.54) is 0 Å². The van der Waals surface area contributed by atoms with Gasteiger partial charge in [0, 0.05) is 22.6 Å². The molecule has 1 aliphatic rings. The normalized spacial score (nSPS) is 24.2. The minimum Gasteiger partial charge on any atom is -0.349 e. The first-order chi connectivity index (χ1) is 8.97. The minimum atomic E-state index is -0.0456. The van der Waals surface area contributed by atoms with Crippen LogP contribution in [0.25, 0.3) is 0 Å². The van der Waals surface area contributed by atoms with Crippen molar-refractivity contribution in [3.8, 4) is 0 Å². The Labute approximate surface area is 127 Å². The lowest BCUT2D eigenvalue weighted by molar-refractivity contribution is 0.0884. The summed E-state index contributed by atoms with van der Waals surface area (Å²) in [7, 11) is 2.11. The molecular formula is C14H18BrClN2O. The highest BCUT2D eigenvalue weighted by atomic mass is 79.9. The summed E-state index contributed by atoms with van der Waals surface area (Å²) in [6.45, 7) is 4.22. The number of halogens is 2. The van der Waals surface area contributed by atoms with Crippen LogP contribution in [-0.2, 0) is 0 Å². The molecule has 2 atom stereocenters. The summed E-state index contributed by atoms with van der Waals surface area (Å²) in [6.07, 6.45) is 0.994. The van der Waals surface area contributed by atoms with E-state index in [0.29, 0.717) is 16.5 Å². The molecule has 2 unspecified atom stereocenters. The van der Waals surface area contributed by atoms with Gasteiger partial charge < -0.3 is 10.2 Å². The van der Waals surface area contributed by atoms with E-state index in [0.717, 1.165) is 24.0 Å². The van der Waals surface area contributed by atoms with Crippen molar-refractivity contribution in [1.82, 2.24) is 10.2 Å². The van der Waals surface area contributed by atoms with Gasteiger partial charge in [0.1, 0.15) is 0 Å². The third kappa shape index (κ3) is 3.71. The van der Waals surface area contributed by atoms with Gasteiger partial charge in [-0.25, -0.2) is 0 Å². The Bertz CT molecular complexity index is 481. The molecule has 0 saturated carbocycles. The van der Waals surface area contributed by atoms with Crippen LogP contribution in [0.5, 0.6) is 0 Å². The van der Waals surface area contributed by atoms with E-state index in [1.807, 2.05) is 0 Å². The lowest BCUT2D eigenvalue weighted by Crippen LogP contribution is -2.48. The Kier molecular flexibility index (Phi) is 4.87. The molecule has 1 N–H and O–H groups in total. The van der Waals surface area contributed by atoms with Gasteiger partial charge in [0.15, 0.2) is 0 Å². The van der Waals surface area contributed by atoms with Crippen molar-refractivity contribution in [1.29, 1.82) is 0 Å². The number of likely N-dealkylation sites (tertiary alicyclic amines) is 1. The largest absolute Gasteiger partial charge is 0.349 e. The minimum absolute atomic E-state index is 0.0456. The summed E-state index contributed by atoms with van der Waals surface area (Å²) in [5.41, 5.74) is 0.610. The number of rotatable bonds is 2.